The zero-order chi connectivity index (χ0) is 13.5. The van der Waals surface area contributed by atoms with Crippen molar-refractivity contribution < 1.29 is 8.42 Å². The van der Waals surface area contributed by atoms with Crippen LogP contribution >= 0.6 is 12.2 Å². The lowest BCUT2D eigenvalue weighted by Crippen LogP contribution is -2.46. The number of nitrogens with one attached hydrogen (secondary N) is 1. The minimum Gasteiger partial charge on any atom is -0.392 e. The normalized spacial score (nSPS) is 34.4. The van der Waals surface area contributed by atoms with Crippen molar-refractivity contribution in [1.29, 1.82) is 0 Å². The molecule has 2 saturated carbocycles. The Morgan fingerprint density at radius 2 is 2.00 bits per heavy atom. The molecule has 2 rings (SSSR count). The third-order valence-electron chi connectivity index (χ3n) is 4.65. The van der Waals surface area contributed by atoms with E-state index >= 15 is 0 Å². The van der Waals surface area contributed by atoms with Gasteiger partial charge in [0.25, 0.3) is 0 Å². The summed E-state index contributed by atoms with van der Waals surface area (Å²) in [4.78, 5) is 0.0302. The Kier molecular flexibility index (Phi) is 3.99. The maximum absolute atomic E-state index is 12.1. The smallest absolute Gasteiger partial charge is 0.220 e. The fourth-order valence-electron chi connectivity index (χ4n) is 3.51. The summed E-state index contributed by atoms with van der Waals surface area (Å²) in [5, 5.41) is -0.798. The van der Waals surface area contributed by atoms with E-state index in [1.807, 2.05) is 6.92 Å². The van der Waals surface area contributed by atoms with E-state index in [1.54, 1.807) is 0 Å². The molecule has 0 saturated heterocycles. The molecular weight excluding hydrogens is 268 g/mol. The van der Waals surface area contributed by atoms with Crippen molar-refractivity contribution in [2.75, 3.05) is 0 Å². The van der Waals surface area contributed by atoms with Crippen LogP contribution in [0, 0.1) is 17.8 Å². The van der Waals surface area contributed by atoms with Crippen LogP contribution in [0.15, 0.2) is 0 Å². The molecule has 4 nitrogen and oxygen atoms in total. The first-order chi connectivity index (χ1) is 8.31. The molecule has 18 heavy (non-hydrogen) atoms. The molecule has 2 fully saturated rings. The van der Waals surface area contributed by atoms with E-state index in [0.717, 1.165) is 12.3 Å². The Hall–Kier alpha value is -0.200. The fourth-order valence-corrected chi connectivity index (χ4v) is 5.09. The van der Waals surface area contributed by atoms with Gasteiger partial charge in [-0.1, -0.05) is 18.6 Å². The molecule has 2 bridgehead atoms. The number of nitrogens with two attached hydrogens (primary N) is 1. The molecule has 2 aliphatic rings. The number of rotatable bonds is 5. The van der Waals surface area contributed by atoms with Gasteiger partial charge in [0, 0.05) is 6.04 Å². The maximum atomic E-state index is 12.1. The molecule has 0 aliphatic heterocycles. The molecule has 5 atom stereocenters. The van der Waals surface area contributed by atoms with Gasteiger partial charge in [0.05, 0.1) is 4.99 Å². The summed E-state index contributed by atoms with van der Waals surface area (Å²) in [5.41, 5.74) is 5.42. The number of sulfonamides is 1. The Morgan fingerprint density at radius 3 is 2.44 bits per heavy atom. The second kappa shape index (κ2) is 5.06. The first-order valence-corrected chi connectivity index (χ1v) is 8.57. The highest BCUT2D eigenvalue weighted by molar-refractivity contribution is 7.93. The Balaban J connectivity index is 1.99. The summed E-state index contributed by atoms with van der Waals surface area (Å²) in [6.07, 6.45) is 5.02. The molecule has 3 N–H and O–H groups in total. The van der Waals surface area contributed by atoms with Crippen molar-refractivity contribution in [1.82, 2.24) is 4.72 Å². The predicted molar refractivity (Wildman–Crippen MR) is 76.7 cm³/mol. The van der Waals surface area contributed by atoms with Gasteiger partial charge in [0.2, 0.25) is 10.0 Å². The molecule has 6 heteroatoms. The molecule has 104 valence electrons. The first-order valence-electron chi connectivity index (χ1n) is 6.61. The van der Waals surface area contributed by atoms with Gasteiger partial charge >= 0.3 is 0 Å². The van der Waals surface area contributed by atoms with Crippen LogP contribution in [0.4, 0.5) is 0 Å². The van der Waals surface area contributed by atoms with Gasteiger partial charge in [-0.3, -0.25) is 0 Å². The summed E-state index contributed by atoms with van der Waals surface area (Å²) >= 11 is 4.77. The van der Waals surface area contributed by atoms with Crippen LogP contribution in [-0.4, -0.2) is 24.7 Å². The van der Waals surface area contributed by atoms with Gasteiger partial charge in [0.15, 0.2) is 0 Å². The topological polar surface area (TPSA) is 72.2 Å². The monoisotopic (exact) mass is 290 g/mol. The van der Waals surface area contributed by atoms with Crippen molar-refractivity contribution in [3.63, 3.8) is 0 Å². The second-order valence-corrected chi connectivity index (χ2v) is 8.34. The number of hydrogen-bond acceptors (Lipinski definition) is 3. The molecule has 0 aromatic heterocycles. The van der Waals surface area contributed by atoms with Crippen molar-refractivity contribution in [2.24, 2.45) is 23.5 Å². The zero-order valence-corrected chi connectivity index (χ0v) is 12.6. The van der Waals surface area contributed by atoms with Crippen LogP contribution in [0.5, 0.6) is 0 Å². The SMILES string of the molecule is CC(NS(=O)(=O)C(C)C(N)=S)C1CC2CCC1C2. The molecule has 0 aromatic rings. The third kappa shape index (κ3) is 2.70. The van der Waals surface area contributed by atoms with Gasteiger partial charge < -0.3 is 5.73 Å². The van der Waals surface area contributed by atoms with Gasteiger partial charge in [0.1, 0.15) is 5.25 Å². The highest BCUT2D eigenvalue weighted by Gasteiger charge is 2.43. The lowest BCUT2D eigenvalue weighted by molar-refractivity contribution is 0.280. The molecule has 0 spiro atoms. The summed E-state index contributed by atoms with van der Waals surface area (Å²) < 4.78 is 26.9. The molecular formula is C12H22N2O2S2. The van der Waals surface area contributed by atoms with Crippen LogP contribution in [-0.2, 0) is 10.0 Å². The highest BCUT2D eigenvalue weighted by Crippen LogP contribution is 2.49. The van der Waals surface area contributed by atoms with E-state index < -0.39 is 15.3 Å². The molecule has 0 aromatic carbocycles. The third-order valence-corrected chi connectivity index (χ3v) is 7.04. The summed E-state index contributed by atoms with van der Waals surface area (Å²) in [6.45, 7) is 3.51. The molecule has 2 aliphatic carbocycles. The predicted octanol–water partition coefficient (Wildman–Crippen LogP) is 1.41. The van der Waals surface area contributed by atoms with Gasteiger partial charge in [-0.15, -0.1) is 0 Å². The molecule has 0 radical (unpaired) electrons. The average molecular weight is 290 g/mol. The van der Waals surface area contributed by atoms with Crippen LogP contribution in [0.2, 0.25) is 0 Å². The largest absolute Gasteiger partial charge is 0.392 e. The maximum Gasteiger partial charge on any atom is 0.220 e. The minimum absolute atomic E-state index is 0.0119. The quantitative estimate of drug-likeness (QED) is 0.751. The van der Waals surface area contributed by atoms with Gasteiger partial charge in [-0.25, -0.2) is 13.1 Å². The number of thiocarbonyl (C=S) groups is 1. The lowest BCUT2D eigenvalue weighted by Gasteiger charge is -2.29. The van der Waals surface area contributed by atoms with E-state index in [-0.39, 0.29) is 11.0 Å². The molecule has 5 unspecified atom stereocenters. The van der Waals surface area contributed by atoms with Crippen LogP contribution in [0.3, 0.4) is 0 Å². The average Bonchev–Trinajstić information content (AvgIpc) is 2.88. The molecule has 0 heterocycles. The number of hydrogen-bond donors (Lipinski definition) is 2. The van der Waals surface area contributed by atoms with Crippen molar-refractivity contribution in [2.45, 2.75) is 50.8 Å². The van der Waals surface area contributed by atoms with E-state index in [1.165, 1.54) is 26.2 Å². The zero-order valence-electron chi connectivity index (χ0n) is 10.9. The molecule has 0 amide bonds. The van der Waals surface area contributed by atoms with E-state index in [2.05, 4.69) is 4.72 Å². The van der Waals surface area contributed by atoms with Crippen molar-refractivity contribution in [3.05, 3.63) is 0 Å². The Morgan fingerprint density at radius 1 is 1.33 bits per heavy atom. The second-order valence-electron chi connectivity index (χ2n) is 5.83. The first kappa shape index (κ1) is 14.2. The van der Waals surface area contributed by atoms with Crippen LogP contribution in [0.25, 0.3) is 0 Å². The van der Waals surface area contributed by atoms with E-state index in [9.17, 15) is 8.42 Å². The minimum atomic E-state index is -3.43. The summed E-state index contributed by atoms with van der Waals surface area (Å²) in [7, 11) is -3.43. The Labute approximate surface area is 115 Å². The lowest BCUT2D eigenvalue weighted by atomic mass is 9.84. The van der Waals surface area contributed by atoms with Crippen molar-refractivity contribution >= 4 is 27.2 Å². The van der Waals surface area contributed by atoms with Crippen LogP contribution < -0.4 is 10.5 Å². The highest BCUT2D eigenvalue weighted by atomic mass is 32.2. The fraction of sp³-hybridized carbons (Fsp3) is 0.917. The van der Waals surface area contributed by atoms with Crippen LogP contribution in [0.1, 0.15) is 39.5 Å². The van der Waals surface area contributed by atoms with E-state index in [4.69, 9.17) is 18.0 Å². The summed E-state index contributed by atoms with van der Waals surface area (Å²) in [5.74, 6) is 2.00. The van der Waals surface area contributed by atoms with E-state index in [0.29, 0.717) is 11.8 Å². The standard InChI is InChI=1S/C12H22N2O2S2/c1-7(11-6-9-3-4-10(11)5-9)14-18(15,16)8(2)12(13)17/h7-11,14H,3-6H2,1-2H3,(H2,13,17). The van der Waals surface area contributed by atoms with Gasteiger partial charge in [-0.05, 0) is 50.9 Å². The van der Waals surface area contributed by atoms with Crippen molar-refractivity contribution in [3.8, 4) is 0 Å². The number of fused-ring (bicyclic) bond motifs is 2. The van der Waals surface area contributed by atoms with Gasteiger partial charge in [-0.2, -0.15) is 0 Å². The summed E-state index contributed by atoms with van der Waals surface area (Å²) in [6, 6.07) is -0.0119. The Bertz CT molecular complexity index is 435.